The number of hydrogen-bond acceptors (Lipinski definition) is 24. The molecule has 6 rings (SSSR count). The molecule has 4 aromatic heterocycles. The fourth-order valence-corrected chi connectivity index (χ4v) is 12.5. The Balaban J connectivity index is 0.000000535. The fraction of sp³-hybridized carbons (Fsp3) is 0.821. The van der Waals surface area contributed by atoms with Gasteiger partial charge in [-0.3, -0.25) is 13.7 Å². The Hall–Kier alpha value is -2.99. The molecule has 28 nitrogen and oxygen atoms in total. The summed E-state index contributed by atoms with van der Waals surface area (Å²) in [5, 5.41) is 41.9. The molecule has 0 amide bonds. The van der Waals surface area contributed by atoms with Crippen LogP contribution in [0.5, 0.6) is 0 Å². The lowest BCUT2D eigenvalue weighted by Crippen LogP contribution is -2.33. The predicted octanol–water partition coefficient (Wildman–Crippen LogP) is 8.24. The zero-order valence-electron chi connectivity index (χ0n) is 53.8. The minimum Gasteiger partial charge on any atom is -0.387 e. The van der Waals surface area contributed by atoms with Gasteiger partial charge in [0, 0.05) is 8.41 Å². The smallest absolute Gasteiger partial charge is 0.387 e. The molecular weight excluding hydrogens is 1200 g/mol. The molecule has 2 aliphatic heterocycles. The Labute approximate surface area is 525 Å². The molecule has 505 valence electrons. The Kier molecular flexibility index (Phi) is 41.1. The zero-order chi connectivity index (χ0) is 64.4. The number of fused-ring (bicyclic) bond motifs is 2. The molecule has 2 unspecified atom stereocenters. The predicted molar refractivity (Wildman–Crippen MR) is 343 cm³/mol. The van der Waals surface area contributed by atoms with Gasteiger partial charge in [0.25, 0.3) is 0 Å². The van der Waals surface area contributed by atoms with Gasteiger partial charge in [-0.25, -0.2) is 43.3 Å². The molecule has 3 radical (unpaired) electrons. The molecule has 2 aliphatic rings. The number of rotatable bonds is 39. The Morgan fingerprint density at radius 1 is 0.500 bits per heavy atom. The van der Waals surface area contributed by atoms with E-state index in [0.29, 0.717) is 0 Å². The first-order chi connectivity index (χ1) is 41.7. The number of unbranched alkanes of at least 4 members (excludes halogenated alkanes) is 9. The van der Waals surface area contributed by atoms with Gasteiger partial charge < -0.3 is 75.3 Å². The molecule has 11 atom stereocenters. The number of aliphatic hydroxyl groups excluding tert-OH is 4. The van der Waals surface area contributed by atoms with Gasteiger partial charge in [-0.05, 0) is 117 Å². The Bertz CT molecular complexity index is 2440. The van der Waals surface area contributed by atoms with Crippen LogP contribution in [0, 0.1) is 0 Å². The van der Waals surface area contributed by atoms with Gasteiger partial charge in [0.2, 0.25) is 0 Å². The standard InChI is InChI=1S/C20H27N10O15P3.3C12H27N.B/c21-15-9-17(25-3-23-15)29(5-27-9)19-13(33)11(31)7(42-19)1-40-46(35)44-48(38,39)45-47(36,37)41-2-8-12(32)14(34)20(43-8)30-6-28-10-16(22)24-4-26-18(10)30;3*1-4-7-10-13(11-8-5-2)12-9-6-3;/h3-8,11-14,19-20,31-35H,1-2H2,(H,36,37)(H,38,39)(H2,21,23,25)(H2,22,24,26);3*4-12H2,1-3H3;/t7-,8-,11-,12-,13-,14-,19-,20-,46+;;;;/m1..../s1. The van der Waals surface area contributed by atoms with E-state index in [1.54, 1.807) is 0 Å². The third kappa shape index (κ3) is 28.1. The van der Waals surface area contributed by atoms with Crippen LogP contribution in [0.1, 0.15) is 190 Å². The van der Waals surface area contributed by atoms with Crippen molar-refractivity contribution in [2.75, 3.05) is 83.6 Å². The molecule has 32 heteroatoms. The largest absolute Gasteiger partial charge is 0.487 e. The second kappa shape index (κ2) is 44.5. The van der Waals surface area contributed by atoms with Crippen LogP contribution in [0.3, 0.4) is 0 Å². The molecule has 0 aliphatic carbocycles. The minimum absolute atomic E-state index is 0. The molecule has 88 heavy (non-hydrogen) atoms. The summed E-state index contributed by atoms with van der Waals surface area (Å²) >= 11 is 0. The van der Waals surface area contributed by atoms with E-state index in [1.807, 2.05) is 0 Å². The summed E-state index contributed by atoms with van der Waals surface area (Å²) in [6.45, 7) is 30.7. The number of ether oxygens (including phenoxy) is 2. The number of nitrogens with two attached hydrogens (primary N) is 2. The highest BCUT2D eigenvalue weighted by atomic mass is 31.3. The summed E-state index contributed by atoms with van der Waals surface area (Å²) in [7, 11) is -14.4. The van der Waals surface area contributed by atoms with Crippen LogP contribution >= 0.6 is 24.2 Å². The monoisotopic (exact) mass is 1310 g/mol. The van der Waals surface area contributed by atoms with Crippen molar-refractivity contribution in [3.05, 3.63) is 25.3 Å². The van der Waals surface area contributed by atoms with Gasteiger partial charge in [0.1, 0.15) is 60.3 Å². The number of hydrogen-bond donors (Lipinski definition) is 9. The van der Waals surface area contributed by atoms with Crippen LogP contribution in [0.15, 0.2) is 25.3 Å². The first kappa shape index (κ1) is 81.1. The summed E-state index contributed by atoms with van der Waals surface area (Å²) in [6.07, 6.45) is 17.2. The third-order valence-corrected chi connectivity index (χ3v) is 18.5. The van der Waals surface area contributed by atoms with E-state index in [0.717, 1.165) is 12.7 Å². The van der Waals surface area contributed by atoms with Crippen molar-refractivity contribution < 1.29 is 71.4 Å². The highest BCUT2D eigenvalue weighted by Gasteiger charge is 2.48. The summed E-state index contributed by atoms with van der Waals surface area (Å²) < 4.78 is 56.5. The number of phosphoric acid groups is 2. The van der Waals surface area contributed by atoms with E-state index in [4.69, 9.17) is 25.5 Å². The van der Waals surface area contributed by atoms with Gasteiger partial charge in [0.15, 0.2) is 35.4 Å². The summed E-state index contributed by atoms with van der Waals surface area (Å²) in [6, 6.07) is 0. The van der Waals surface area contributed by atoms with E-state index >= 15 is 0 Å². The third-order valence-electron chi connectivity index (χ3n) is 14.6. The number of phosphoric ester groups is 1. The quantitative estimate of drug-likeness (QED) is 0.0150. The maximum absolute atomic E-state index is 12.4. The van der Waals surface area contributed by atoms with Crippen molar-refractivity contribution in [3.8, 4) is 0 Å². The van der Waals surface area contributed by atoms with E-state index < -0.39 is 86.5 Å². The lowest BCUT2D eigenvalue weighted by Gasteiger charge is -2.21. The number of imidazole rings is 2. The second-order valence-corrected chi connectivity index (χ2v) is 26.1. The first-order valence-electron chi connectivity index (χ1n) is 31.6. The zero-order valence-corrected chi connectivity index (χ0v) is 56.5. The van der Waals surface area contributed by atoms with Crippen LogP contribution in [0.4, 0.5) is 11.6 Å². The molecule has 2 fully saturated rings. The van der Waals surface area contributed by atoms with Crippen LogP contribution in [0.2, 0.25) is 0 Å². The number of nitrogen functional groups attached to an aromatic ring is 2. The van der Waals surface area contributed by atoms with E-state index in [-0.39, 0.29) is 42.4 Å². The van der Waals surface area contributed by atoms with Crippen LogP contribution in [0.25, 0.3) is 22.3 Å². The van der Waals surface area contributed by atoms with Crippen molar-refractivity contribution >= 4 is 66.6 Å². The molecule has 2 saturated heterocycles. The van der Waals surface area contributed by atoms with E-state index in [9.17, 15) is 44.2 Å². The molecule has 0 bridgehead atoms. The molecule has 4 aromatic rings. The van der Waals surface area contributed by atoms with Gasteiger partial charge >= 0.3 is 24.2 Å². The molecule has 6 heterocycles. The maximum Gasteiger partial charge on any atom is 0.487 e. The number of aromatic nitrogens is 8. The van der Waals surface area contributed by atoms with Crippen LogP contribution < -0.4 is 11.5 Å². The maximum atomic E-state index is 12.4. The van der Waals surface area contributed by atoms with Gasteiger partial charge in [-0.2, -0.15) is 4.31 Å². The summed E-state index contributed by atoms with van der Waals surface area (Å²) in [4.78, 5) is 61.6. The highest BCUT2D eigenvalue weighted by Crippen LogP contribution is 2.65. The lowest BCUT2D eigenvalue weighted by atomic mass is 10.1. The lowest BCUT2D eigenvalue weighted by molar-refractivity contribution is -0.0505. The SMILES string of the molecule is CCCCN(CCCC)CCCC.CCCCN(CCCC)CCCC.CCCCN(CCCC)CCCC.Nc1ncnc2c1ncn2[C@@H]1O[C@H](CO[P@](O)OP(=O)(O)OP(=O)(O)OC[C@H]2O[C@@H](n3cnc4c(N)ncnc43)[C@H](O)[C@@H]2O)[C@@H](O)[C@H]1O.[B]. The molecular formula is C56H108BN13O15P3. The van der Waals surface area contributed by atoms with E-state index in [1.165, 1.54) is 196 Å². The number of aliphatic hydroxyl groups is 4. The van der Waals surface area contributed by atoms with Gasteiger partial charge in [0.05, 0.1) is 25.9 Å². The molecule has 11 N–H and O–H groups in total. The van der Waals surface area contributed by atoms with Crippen molar-refractivity contribution in [1.29, 1.82) is 0 Å². The Morgan fingerprint density at radius 2 is 0.807 bits per heavy atom. The first-order valence-corrected chi connectivity index (χ1v) is 35.7. The van der Waals surface area contributed by atoms with Crippen LogP contribution in [-0.2, 0) is 36.3 Å². The average Bonchev–Trinajstić information content (AvgIpc) is 2.61. The van der Waals surface area contributed by atoms with Crippen molar-refractivity contribution in [3.63, 3.8) is 0 Å². The fourth-order valence-electron chi connectivity index (χ4n) is 9.33. The van der Waals surface area contributed by atoms with Crippen molar-refractivity contribution in [2.24, 2.45) is 0 Å². The topological polar surface area (TPSA) is 380 Å². The number of anilines is 2. The highest BCUT2D eigenvalue weighted by molar-refractivity contribution is 7.65. The van der Waals surface area contributed by atoms with Gasteiger partial charge in [-0.1, -0.05) is 120 Å². The molecule has 0 aromatic carbocycles. The molecule has 0 spiro atoms. The van der Waals surface area contributed by atoms with E-state index in [2.05, 4.69) is 120 Å². The number of nitrogens with zero attached hydrogens (tertiary/aromatic N) is 11. The van der Waals surface area contributed by atoms with Crippen molar-refractivity contribution in [1.82, 2.24) is 53.7 Å². The Morgan fingerprint density at radius 3 is 1.11 bits per heavy atom. The second-order valence-electron chi connectivity index (χ2n) is 21.9. The average molecular weight is 1310 g/mol. The summed E-state index contributed by atoms with van der Waals surface area (Å²) in [5.74, 6) is 0.0953. The van der Waals surface area contributed by atoms with Gasteiger partial charge in [-0.15, -0.1) is 0 Å². The van der Waals surface area contributed by atoms with Crippen LogP contribution in [-0.4, -0.2) is 206 Å². The normalized spacial score (nSPS) is 21.8. The minimum atomic E-state index is -5.58. The summed E-state index contributed by atoms with van der Waals surface area (Å²) in [5.41, 5.74) is 12.2. The van der Waals surface area contributed by atoms with Crippen molar-refractivity contribution in [2.45, 2.75) is 227 Å². The molecule has 0 saturated carbocycles.